The molecule has 2 rings (SSSR count). The Labute approximate surface area is 82.8 Å². The van der Waals surface area contributed by atoms with E-state index in [0.717, 1.165) is 30.5 Å². The molecule has 0 radical (unpaired) electrons. The van der Waals surface area contributed by atoms with Crippen molar-refractivity contribution in [2.45, 2.75) is 32.6 Å². The molecule has 1 N–H and O–H groups in total. The van der Waals surface area contributed by atoms with Crippen molar-refractivity contribution in [1.29, 1.82) is 0 Å². The van der Waals surface area contributed by atoms with Crippen LogP contribution >= 0.6 is 0 Å². The first-order valence-corrected chi connectivity index (χ1v) is 4.94. The highest BCUT2D eigenvalue weighted by Crippen LogP contribution is 2.22. The van der Waals surface area contributed by atoms with Crippen LogP contribution in [-0.4, -0.2) is 15.9 Å². The monoisotopic (exact) mass is 191 g/mol. The Morgan fingerprint density at radius 2 is 2.29 bits per heavy atom. The van der Waals surface area contributed by atoms with Gasteiger partial charge in [-0.15, -0.1) is 0 Å². The van der Waals surface area contributed by atoms with Crippen molar-refractivity contribution in [1.82, 2.24) is 9.97 Å². The number of carbonyl (C=O) groups excluding carboxylic acids is 1. The van der Waals surface area contributed by atoms with Crippen LogP contribution in [0.15, 0.2) is 6.33 Å². The topological polar surface area (TPSA) is 54.9 Å². The Hall–Kier alpha value is -1.45. The summed E-state index contributed by atoms with van der Waals surface area (Å²) >= 11 is 0. The molecule has 0 fully saturated rings. The van der Waals surface area contributed by atoms with E-state index in [-0.39, 0.29) is 5.91 Å². The second-order valence-corrected chi connectivity index (χ2v) is 3.45. The normalized spacial score (nSPS) is 14.8. The molecule has 0 bridgehead atoms. The number of nitrogens with one attached hydrogen (secondary N) is 1. The zero-order valence-electron chi connectivity index (χ0n) is 8.21. The summed E-state index contributed by atoms with van der Waals surface area (Å²) in [5.74, 6) is 0.762. The van der Waals surface area contributed by atoms with Gasteiger partial charge in [-0.05, 0) is 12.8 Å². The van der Waals surface area contributed by atoms with Gasteiger partial charge in [0.1, 0.15) is 12.1 Å². The second-order valence-electron chi connectivity index (χ2n) is 3.45. The van der Waals surface area contributed by atoms with Crippen LogP contribution in [0.2, 0.25) is 0 Å². The van der Waals surface area contributed by atoms with Gasteiger partial charge in [-0.3, -0.25) is 4.79 Å². The van der Waals surface area contributed by atoms with Crippen molar-refractivity contribution in [2.24, 2.45) is 0 Å². The summed E-state index contributed by atoms with van der Waals surface area (Å²) in [5.41, 5.74) is 2.20. The Bertz CT molecular complexity index is 362. The van der Waals surface area contributed by atoms with Gasteiger partial charge in [0.25, 0.3) is 0 Å². The lowest BCUT2D eigenvalue weighted by Crippen LogP contribution is -2.21. The van der Waals surface area contributed by atoms with Crippen molar-refractivity contribution in [3.63, 3.8) is 0 Å². The van der Waals surface area contributed by atoms with Gasteiger partial charge in [0.15, 0.2) is 0 Å². The Kier molecular flexibility index (Phi) is 2.43. The third-order valence-corrected chi connectivity index (χ3v) is 2.38. The maximum atomic E-state index is 11.1. The Morgan fingerprint density at radius 1 is 1.43 bits per heavy atom. The van der Waals surface area contributed by atoms with Crippen LogP contribution in [0, 0.1) is 0 Å². The first-order chi connectivity index (χ1) is 6.81. The molecule has 1 aromatic rings. The number of aryl methyl sites for hydroxylation is 1. The third-order valence-electron chi connectivity index (χ3n) is 2.38. The fraction of sp³-hybridized carbons (Fsp3) is 0.500. The molecule has 1 aromatic heterocycles. The predicted molar refractivity (Wildman–Crippen MR) is 53.0 cm³/mol. The minimum atomic E-state index is 0.0543. The minimum Gasteiger partial charge on any atom is -0.310 e. The number of nitrogens with zero attached hydrogens (tertiary/aromatic N) is 2. The van der Waals surface area contributed by atoms with Crippen molar-refractivity contribution < 1.29 is 4.79 Å². The van der Waals surface area contributed by atoms with Crippen LogP contribution in [0.25, 0.3) is 0 Å². The molecular weight excluding hydrogens is 178 g/mol. The second kappa shape index (κ2) is 3.74. The lowest BCUT2D eigenvalue weighted by atomic mass is 10.0. The van der Waals surface area contributed by atoms with Crippen LogP contribution < -0.4 is 5.32 Å². The van der Waals surface area contributed by atoms with Gasteiger partial charge in [0.2, 0.25) is 5.91 Å². The highest BCUT2D eigenvalue weighted by atomic mass is 16.1. The Morgan fingerprint density at radius 3 is 3.07 bits per heavy atom. The smallest absolute Gasteiger partial charge is 0.225 e. The van der Waals surface area contributed by atoms with E-state index >= 15 is 0 Å². The molecule has 0 saturated carbocycles. The van der Waals surface area contributed by atoms with Crippen LogP contribution in [0.4, 0.5) is 5.82 Å². The number of anilines is 1. The molecule has 74 valence electrons. The lowest BCUT2D eigenvalue weighted by Gasteiger charge is -2.17. The molecule has 1 aliphatic rings. The van der Waals surface area contributed by atoms with E-state index in [0.29, 0.717) is 12.2 Å². The van der Waals surface area contributed by atoms with E-state index < -0.39 is 0 Å². The maximum Gasteiger partial charge on any atom is 0.225 e. The van der Waals surface area contributed by atoms with E-state index in [9.17, 15) is 4.79 Å². The number of aromatic nitrogens is 2. The molecule has 1 aliphatic heterocycles. The fourth-order valence-corrected chi connectivity index (χ4v) is 1.70. The molecule has 2 heterocycles. The van der Waals surface area contributed by atoms with Crippen LogP contribution in [0.3, 0.4) is 0 Å². The predicted octanol–water partition coefficient (Wildman–Crippen LogP) is 1.31. The first kappa shape index (κ1) is 9.12. The standard InChI is InChI=1S/C10H13N3O/c1-2-3-8-7-4-5-9(14)13-10(7)12-6-11-8/h6H,2-5H2,1H3,(H,11,12,13,14). The Balaban J connectivity index is 2.36. The summed E-state index contributed by atoms with van der Waals surface area (Å²) < 4.78 is 0. The zero-order valence-corrected chi connectivity index (χ0v) is 8.21. The summed E-state index contributed by atoms with van der Waals surface area (Å²) in [6, 6.07) is 0. The molecule has 0 saturated heterocycles. The van der Waals surface area contributed by atoms with Crippen LogP contribution in [-0.2, 0) is 17.6 Å². The molecule has 0 unspecified atom stereocenters. The number of amides is 1. The van der Waals surface area contributed by atoms with Gasteiger partial charge in [-0.25, -0.2) is 9.97 Å². The summed E-state index contributed by atoms with van der Waals surface area (Å²) in [4.78, 5) is 19.4. The highest BCUT2D eigenvalue weighted by molar-refractivity contribution is 5.92. The molecule has 0 spiro atoms. The number of hydrogen-bond acceptors (Lipinski definition) is 3. The molecule has 0 aliphatic carbocycles. The molecule has 1 amide bonds. The summed E-state index contributed by atoms with van der Waals surface area (Å²) in [6.07, 6.45) is 4.88. The van der Waals surface area contributed by atoms with E-state index in [2.05, 4.69) is 22.2 Å². The van der Waals surface area contributed by atoms with Crippen molar-refractivity contribution in [3.8, 4) is 0 Å². The molecule has 4 heteroatoms. The van der Waals surface area contributed by atoms with Gasteiger partial charge in [-0.1, -0.05) is 13.3 Å². The van der Waals surface area contributed by atoms with Crippen LogP contribution in [0.5, 0.6) is 0 Å². The summed E-state index contributed by atoms with van der Waals surface area (Å²) in [5, 5.41) is 2.77. The van der Waals surface area contributed by atoms with Crippen molar-refractivity contribution in [2.75, 3.05) is 5.32 Å². The molecular formula is C10H13N3O. The number of fused-ring (bicyclic) bond motifs is 1. The molecule has 4 nitrogen and oxygen atoms in total. The lowest BCUT2D eigenvalue weighted by molar-refractivity contribution is -0.116. The van der Waals surface area contributed by atoms with Gasteiger partial charge in [0, 0.05) is 17.7 Å². The largest absolute Gasteiger partial charge is 0.310 e. The average molecular weight is 191 g/mol. The third kappa shape index (κ3) is 1.60. The summed E-state index contributed by atoms with van der Waals surface area (Å²) in [6.45, 7) is 2.12. The fourth-order valence-electron chi connectivity index (χ4n) is 1.70. The quantitative estimate of drug-likeness (QED) is 0.766. The first-order valence-electron chi connectivity index (χ1n) is 4.94. The van der Waals surface area contributed by atoms with Gasteiger partial charge in [0.05, 0.1) is 0 Å². The average Bonchev–Trinajstić information content (AvgIpc) is 2.18. The molecule has 14 heavy (non-hydrogen) atoms. The number of carbonyl (C=O) groups is 1. The van der Waals surface area contributed by atoms with Gasteiger partial charge < -0.3 is 5.32 Å². The van der Waals surface area contributed by atoms with Crippen LogP contribution in [0.1, 0.15) is 31.0 Å². The maximum absolute atomic E-state index is 11.1. The minimum absolute atomic E-state index is 0.0543. The van der Waals surface area contributed by atoms with Gasteiger partial charge >= 0.3 is 0 Å². The summed E-state index contributed by atoms with van der Waals surface area (Å²) in [7, 11) is 0. The highest BCUT2D eigenvalue weighted by Gasteiger charge is 2.18. The SMILES string of the molecule is CCCc1ncnc2c1CCC(=O)N2. The van der Waals surface area contributed by atoms with E-state index in [1.807, 2.05) is 0 Å². The number of rotatable bonds is 2. The van der Waals surface area contributed by atoms with E-state index in [1.165, 1.54) is 6.33 Å². The zero-order chi connectivity index (χ0) is 9.97. The van der Waals surface area contributed by atoms with Crippen molar-refractivity contribution >= 4 is 11.7 Å². The van der Waals surface area contributed by atoms with E-state index in [4.69, 9.17) is 0 Å². The molecule has 0 atom stereocenters. The molecule has 0 aromatic carbocycles. The number of hydrogen-bond donors (Lipinski definition) is 1. The van der Waals surface area contributed by atoms with Gasteiger partial charge in [-0.2, -0.15) is 0 Å². The van der Waals surface area contributed by atoms with E-state index in [1.54, 1.807) is 0 Å². The van der Waals surface area contributed by atoms with Crippen molar-refractivity contribution in [3.05, 3.63) is 17.6 Å².